The number of hydrogen-bond acceptors (Lipinski definition) is 18. The van der Waals surface area contributed by atoms with Crippen molar-refractivity contribution in [1.29, 1.82) is 0 Å². The molecule has 4 aromatic rings. The van der Waals surface area contributed by atoms with Crippen molar-refractivity contribution in [3.63, 3.8) is 0 Å². The molecule has 1 aliphatic rings. The van der Waals surface area contributed by atoms with E-state index in [1.807, 2.05) is 36.2 Å². The number of urea groups is 1. The van der Waals surface area contributed by atoms with Gasteiger partial charge in [0.2, 0.25) is 11.8 Å². The van der Waals surface area contributed by atoms with Gasteiger partial charge in [0.1, 0.15) is 18.1 Å². The van der Waals surface area contributed by atoms with E-state index in [1.54, 1.807) is 43.0 Å². The van der Waals surface area contributed by atoms with Gasteiger partial charge in [-0.3, -0.25) is 14.9 Å². The Bertz CT molecular complexity index is 2190. The number of nitrogens with one attached hydrogen (secondary N) is 4. The maximum absolute atomic E-state index is 12.6. The third kappa shape index (κ3) is 19.4. The number of benzene rings is 2. The van der Waals surface area contributed by atoms with Gasteiger partial charge in [-0.15, -0.1) is 11.3 Å². The van der Waals surface area contributed by atoms with E-state index in [9.17, 15) is 19.2 Å². The number of thioether (sulfide) groups is 1. The molecule has 358 valence electrons. The molecule has 23 heteroatoms. The van der Waals surface area contributed by atoms with Crippen LogP contribution in [0, 0.1) is 0 Å². The average Bonchev–Trinajstić information content (AvgIpc) is 3.75. The fraction of sp³-hybridized carbons (Fsp3) is 0.442. The molecule has 0 unspecified atom stereocenters. The molecule has 21 nitrogen and oxygen atoms in total. The summed E-state index contributed by atoms with van der Waals surface area (Å²) in [7, 11) is 3.63. The number of H-pyrrole nitrogens is 1. The van der Waals surface area contributed by atoms with Crippen molar-refractivity contribution in [2.45, 2.75) is 24.6 Å². The highest BCUT2D eigenvalue weighted by Gasteiger charge is 2.20. The van der Waals surface area contributed by atoms with Crippen molar-refractivity contribution < 1.29 is 42.8 Å². The molecule has 0 aliphatic carbocycles. The van der Waals surface area contributed by atoms with Crippen LogP contribution in [-0.2, 0) is 48.1 Å². The molecule has 0 bridgehead atoms. The van der Waals surface area contributed by atoms with Gasteiger partial charge in [-0.2, -0.15) is 0 Å². The number of piperazine rings is 1. The number of carbonyl (C=O) groups excluding carboxylic acids is 3. The Balaban J connectivity index is 0.838. The first-order valence-electron chi connectivity index (χ1n) is 21.1. The summed E-state index contributed by atoms with van der Waals surface area (Å²) >= 11 is 2.46. The van der Waals surface area contributed by atoms with Gasteiger partial charge in [0, 0.05) is 61.8 Å². The summed E-state index contributed by atoms with van der Waals surface area (Å²) in [5, 5.41) is 12.4. The van der Waals surface area contributed by atoms with Crippen molar-refractivity contribution in [3.05, 3.63) is 99.3 Å². The van der Waals surface area contributed by atoms with E-state index in [-0.39, 0.29) is 37.2 Å². The molecule has 3 heterocycles. The summed E-state index contributed by atoms with van der Waals surface area (Å²) in [5.41, 5.74) is 8.76. The summed E-state index contributed by atoms with van der Waals surface area (Å²) in [4.78, 5) is 64.3. The van der Waals surface area contributed by atoms with Crippen LogP contribution in [0.25, 0.3) is 0 Å². The number of ether oxygens (including phenoxy) is 6. The lowest BCUT2D eigenvalue weighted by Gasteiger charge is -2.32. The minimum atomic E-state index is -0.507. The molecular weight excluding hydrogens is 895 g/mol. The highest BCUT2D eigenvalue weighted by atomic mass is 32.2. The zero-order valence-electron chi connectivity index (χ0n) is 37.2. The lowest BCUT2D eigenvalue weighted by molar-refractivity contribution is -0.132. The highest BCUT2D eigenvalue weighted by Crippen LogP contribution is 2.21. The van der Waals surface area contributed by atoms with E-state index < -0.39 is 11.7 Å². The van der Waals surface area contributed by atoms with Crippen molar-refractivity contribution >= 4 is 51.8 Å². The second-order valence-corrected chi connectivity index (χ2v) is 16.5. The molecule has 0 saturated carbocycles. The van der Waals surface area contributed by atoms with Gasteiger partial charge in [0.05, 0.1) is 95.1 Å². The third-order valence-electron chi connectivity index (χ3n) is 9.52. The Morgan fingerprint density at radius 2 is 1.58 bits per heavy atom. The molecule has 1 saturated heterocycles. The van der Waals surface area contributed by atoms with Crippen LogP contribution >= 0.6 is 23.1 Å². The van der Waals surface area contributed by atoms with E-state index in [0.717, 1.165) is 24.4 Å². The van der Waals surface area contributed by atoms with Crippen LogP contribution in [0.3, 0.4) is 0 Å². The van der Waals surface area contributed by atoms with Crippen molar-refractivity contribution in [1.82, 2.24) is 35.1 Å². The average molecular weight is 954 g/mol. The number of aromatic amines is 1. The number of amides is 4. The monoisotopic (exact) mass is 953 g/mol. The molecule has 1 fully saturated rings. The van der Waals surface area contributed by atoms with Gasteiger partial charge in [-0.1, -0.05) is 23.9 Å². The molecule has 2 aromatic carbocycles. The minimum Gasteiger partial charge on any atom is -0.497 e. The number of methoxy groups -OCH3 is 1. The van der Waals surface area contributed by atoms with Crippen LogP contribution in [0.5, 0.6) is 11.5 Å². The fourth-order valence-corrected chi connectivity index (χ4v) is 7.46. The maximum atomic E-state index is 12.6. The van der Waals surface area contributed by atoms with E-state index in [1.165, 1.54) is 34.3 Å². The molecule has 0 spiro atoms. The fourth-order valence-electron chi connectivity index (χ4n) is 5.92. The second kappa shape index (κ2) is 28.3. The number of hydrogen-bond donors (Lipinski definition) is 6. The molecular formula is C43H59N11O10S2. The zero-order chi connectivity index (χ0) is 46.9. The Labute approximate surface area is 391 Å². The van der Waals surface area contributed by atoms with E-state index in [0.29, 0.717) is 111 Å². The molecule has 2 aromatic heterocycles. The Morgan fingerprint density at radius 1 is 0.909 bits per heavy atom. The van der Waals surface area contributed by atoms with Crippen molar-refractivity contribution in [3.8, 4) is 11.5 Å². The lowest BCUT2D eigenvalue weighted by atomic mass is 10.2. The molecule has 0 radical (unpaired) electrons. The summed E-state index contributed by atoms with van der Waals surface area (Å²) < 4.78 is 33.3. The Morgan fingerprint density at radius 3 is 2.27 bits per heavy atom. The number of carbonyl (C=O) groups is 3. The molecule has 5 rings (SSSR count). The van der Waals surface area contributed by atoms with Crippen LogP contribution < -0.4 is 42.7 Å². The van der Waals surface area contributed by atoms with Gasteiger partial charge in [-0.25, -0.2) is 25.4 Å². The number of hydrazine groups is 1. The number of nitrogens with two attached hydrogens (primary N) is 2. The zero-order valence-corrected chi connectivity index (χ0v) is 38.8. The number of thiazole rings is 1. The Hall–Kier alpha value is -5.79. The van der Waals surface area contributed by atoms with Crippen LogP contribution in [-0.4, -0.2) is 153 Å². The quantitative estimate of drug-likeness (QED) is 0.0157. The molecule has 66 heavy (non-hydrogen) atoms. The smallest absolute Gasteiger partial charge is 0.345 e. The number of rotatable bonds is 28. The largest absolute Gasteiger partial charge is 0.497 e. The highest BCUT2D eigenvalue weighted by molar-refractivity contribution is 7.99. The standard InChI is InChI=1S/C43H59N11O10S2/c1-52-11-13-53(14-12-52)39(56)23-35-29-66-43(49-35)51-42(58)48-34-5-9-37(10-6-34)64-28-33(44)26-54(45)15-16-60-17-18-61-19-20-62-21-22-63-27-32-25-47-41(57)50-40(32)65-30-38(55)46-24-31-3-7-36(59-2)8-4-31/h3-10,25-26,29H,11-24,27-28,30,44-45H2,1-2H3,(H,46,55)(H,47,50,57)(H2,48,49,51,58)/b33-26-. The number of likely N-dealkylation sites (N-methyl/N-ethyl adjacent to an activating group) is 1. The summed E-state index contributed by atoms with van der Waals surface area (Å²) in [6.45, 7) is 6.64. The summed E-state index contributed by atoms with van der Waals surface area (Å²) in [6, 6.07) is 13.8. The van der Waals surface area contributed by atoms with Gasteiger partial charge < -0.3 is 64.6 Å². The minimum absolute atomic E-state index is 0.0322. The Kier molecular flexibility index (Phi) is 21.9. The van der Waals surface area contributed by atoms with E-state index in [4.69, 9.17) is 40.0 Å². The molecule has 4 amide bonds. The lowest BCUT2D eigenvalue weighted by Crippen LogP contribution is -2.47. The number of anilines is 2. The van der Waals surface area contributed by atoms with E-state index in [2.05, 4.69) is 35.8 Å². The normalized spacial score (nSPS) is 13.0. The van der Waals surface area contributed by atoms with E-state index >= 15 is 0 Å². The third-order valence-corrected chi connectivity index (χ3v) is 11.4. The van der Waals surface area contributed by atoms with Crippen LogP contribution in [0.2, 0.25) is 0 Å². The van der Waals surface area contributed by atoms with Crippen molar-refractivity contribution in [2.24, 2.45) is 11.6 Å². The first-order valence-corrected chi connectivity index (χ1v) is 23.0. The first-order chi connectivity index (χ1) is 32.0. The number of aromatic nitrogens is 3. The van der Waals surface area contributed by atoms with Gasteiger partial charge in [0.15, 0.2) is 5.13 Å². The second-order valence-electron chi connectivity index (χ2n) is 14.7. The predicted octanol–water partition coefficient (Wildman–Crippen LogP) is 2.23. The topological polar surface area (TPSA) is 263 Å². The van der Waals surface area contributed by atoms with Crippen LogP contribution in [0.15, 0.2) is 81.8 Å². The van der Waals surface area contributed by atoms with Crippen molar-refractivity contribution in [2.75, 3.05) is 116 Å². The van der Waals surface area contributed by atoms with Crippen LogP contribution in [0.4, 0.5) is 15.6 Å². The maximum Gasteiger partial charge on any atom is 0.345 e. The molecule has 8 N–H and O–H groups in total. The van der Waals surface area contributed by atoms with Gasteiger partial charge in [-0.05, 0) is 49.0 Å². The van der Waals surface area contributed by atoms with Crippen LogP contribution in [0.1, 0.15) is 16.8 Å². The summed E-state index contributed by atoms with van der Waals surface area (Å²) in [5.74, 6) is 7.28. The number of nitrogens with zero attached hydrogens (tertiary/aromatic N) is 5. The molecule has 1 aliphatic heterocycles. The van der Waals surface area contributed by atoms with Gasteiger partial charge in [0.25, 0.3) is 0 Å². The predicted molar refractivity (Wildman–Crippen MR) is 250 cm³/mol. The SMILES string of the molecule is COc1ccc(CNC(=O)CSc2[nH]c(=O)ncc2COCCOCCOCCOCCN(N)/C=C(\N)COc2ccc(NC(=O)Nc3nc(CC(=O)N4CCN(C)CC4)cs3)cc2)cc1. The molecule has 0 atom stereocenters. The van der Waals surface area contributed by atoms with Gasteiger partial charge >= 0.3 is 11.7 Å². The summed E-state index contributed by atoms with van der Waals surface area (Å²) in [6.07, 6.45) is 3.21. The first kappa shape index (κ1) is 51.2.